The Kier molecular flexibility index (Phi) is 6.59. The van der Waals surface area contributed by atoms with Gasteiger partial charge in [0.1, 0.15) is 11.6 Å². The quantitative estimate of drug-likeness (QED) is 0.200. The number of hydrogen-bond donors (Lipinski definition) is 0. The molecule has 4 heteroatoms. The van der Waals surface area contributed by atoms with Crippen LogP contribution in [0.2, 0.25) is 0 Å². The van der Waals surface area contributed by atoms with E-state index < -0.39 is 17.5 Å². The third kappa shape index (κ3) is 4.69. The van der Waals surface area contributed by atoms with Crippen LogP contribution >= 0.6 is 0 Å². The Balaban J connectivity index is 1.60. The summed E-state index contributed by atoms with van der Waals surface area (Å²) in [5.41, 5.74) is 2.60. The lowest BCUT2D eigenvalue weighted by molar-refractivity contribution is 0.511. The predicted octanol–water partition coefficient (Wildman–Crippen LogP) is 8.85. The van der Waals surface area contributed by atoms with Crippen LogP contribution in [0.15, 0.2) is 66.7 Å². The zero-order chi connectivity index (χ0) is 22.7. The van der Waals surface area contributed by atoms with Crippen molar-refractivity contribution in [3.63, 3.8) is 0 Å². The summed E-state index contributed by atoms with van der Waals surface area (Å²) in [7, 11) is 0. The van der Waals surface area contributed by atoms with Crippen LogP contribution in [-0.4, -0.2) is 0 Å². The summed E-state index contributed by atoms with van der Waals surface area (Å²) < 4.78 is 56.7. The van der Waals surface area contributed by atoms with Gasteiger partial charge in [-0.2, -0.15) is 0 Å². The molecule has 0 nitrogen and oxygen atoms in total. The van der Waals surface area contributed by atoms with Crippen LogP contribution in [-0.2, 0) is 6.42 Å². The number of fused-ring (bicyclic) bond motifs is 1. The minimum absolute atomic E-state index is 0.313. The van der Waals surface area contributed by atoms with Gasteiger partial charge in [-0.1, -0.05) is 62.6 Å². The molecule has 0 aliphatic rings. The summed E-state index contributed by atoms with van der Waals surface area (Å²) in [6, 6.07) is 16.8. The Morgan fingerprint density at radius 2 is 1.16 bits per heavy atom. The summed E-state index contributed by atoms with van der Waals surface area (Å²) >= 11 is 0. The van der Waals surface area contributed by atoms with Gasteiger partial charge in [0.2, 0.25) is 0 Å². The molecule has 0 aliphatic carbocycles. The molecule has 0 aliphatic heterocycles. The fourth-order valence-corrected chi connectivity index (χ4v) is 4.03. The van der Waals surface area contributed by atoms with Gasteiger partial charge in [0.15, 0.2) is 11.6 Å². The van der Waals surface area contributed by atoms with Gasteiger partial charge in [0, 0.05) is 11.1 Å². The molecular formula is C28H24F4. The molecule has 0 spiro atoms. The molecule has 32 heavy (non-hydrogen) atoms. The number of halogens is 4. The van der Waals surface area contributed by atoms with E-state index in [1.807, 2.05) is 6.07 Å². The maximum atomic E-state index is 15.0. The molecule has 0 amide bonds. The van der Waals surface area contributed by atoms with Crippen molar-refractivity contribution in [2.24, 2.45) is 0 Å². The first-order chi connectivity index (χ1) is 15.5. The molecule has 4 aromatic rings. The lowest BCUT2D eigenvalue weighted by Crippen LogP contribution is -1.92. The second-order valence-corrected chi connectivity index (χ2v) is 8.15. The maximum Gasteiger partial charge on any atom is 0.159 e. The van der Waals surface area contributed by atoms with Crippen LogP contribution in [0.5, 0.6) is 0 Å². The molecule has 4 rings (SSSR count). The highest BCUT2D eigenvalue weighted by atomic mass is 19.2. The third-order valence-electron chi connectivity index (χ3n) is 5.82. The van der Waals surface area contributed by atoms with Gasteiger partial charge < -0.3 is 0 Å². The molecule has 4 aromatic carbocycles. The van der Waals surface area contributed by atoms with E-state index in [1.165, 1.54) is 18.6 Å². The Hall–Kier alpha value is -3.14. The van der Waals surface area contributed by atoms with Crippen LogP contribution in [0.3, 0.4) is 0 Å². The summed E-state index contributed by atoms with van der Waals surface area (Å²) in [6.07, 6.45) is 5.32. The summed E-state index contributed by atoms with van der Waals surface area (Å²) in [4.78, 5) is 0. The van der Waals surface area contributed by atoms with E-state index in [2.05, 4.69) is 6.92 Å². The molecule has 0 saturated carbocycles. The van der Waals surface area contributed by atoms with E-state index >= 15 is 0 Å². The van der Waals surface area contributed by atoms with Gasteiger partial charge in [0.05, 0.1) is 0 Å². The fourth-order valence-electron chi connectivity index (χ4n) is 4.03. The van der Waals surface area contributed by atoms with E-state index in [9.17, 15) is 17.6 Å². The van der Waals surface area contributed by atoms with Crippen molar-refractivity contribution in [1.29, 1.82) is 0 Å². The second kappa shape index (κ2) is 9.56. The Bertz CT molecular complexity index is 1260. The lowest BCUT2D eigenvalue weighted by Gasteiger charge is -2.10. The molecule has 0 atom stereocenters. The first-order valence-corrected chi connectivity index (χ1v) is 10.9. The summed E-state index contributed by atoms with van der Waals surface area (Å²) in [5.74, 6) is -2.75. The summed E-state index contributed by atoms with van der Waals surface area (Å²) in [5, 5.41) is 1.01. The van der Waals surface area contributed by atoms with Gasteiger partial charge in [-0.15, -0.1) is 0 Å². The minimum atomic E-state index is -0.949. The topological polar surface area (TPSA) is 0 Å². The molecule has 0 radical (unpaired) electrons. The van der Waals surface area contributed by atoms with Crippen LogP contribution in [0, 0.1) is 23.3 Å². The predicted molar refractivity (Wildman–Crippen MR) is 122 cm³/mol. The number of rotatable bonds is 7. The molecule has 0 aromatic heterocycles. The standard InChI is InChI=1S/C28H24F4/c1-2-3-4-5-6-18-7-11-23(25(29)13-18)21-10-12-24(26(30)16-21)20-9-8-19-15-27(31)28(32)17-22(19)14-20/h7-17H,2-6H2,1H3. The van der Waals surface area contributed by atoms with Crippen molar-refractivity contribution in [2.75, 3.05) is 0 Å². The van der Waals surface area contributed by atoms with Gasteiger partial charge in [-0.3, -0.25) is 0 Å². The van der Waals surface area contributed by atoms with Crippen molar-refractivity contribution in [3.8, 4) is 22.3 Å². The van der Waals surface area contributed by atoms with Crippen molar-refractivity contribution in [2.45, 2.75) is 39.0 Å². The largest absolute Gasteiger partial charge is 0.206 e. The van der Waals surface area contributed by atoms with E-state index in [1.54, 1.807) is 36.4 Å². The van der Waals surface area contributed by atoms with E-state index in [0.29, 0.717) is 33.0 Å². The maximum absolute atomic E-state index is 15.0. The van der Waals surface area contributed by atoms with E-state index in [0.717, 1.165) is 43.4 Å². The second-order valence-electron chi connectivity index (χ2n) is 8.15. The van der Waals surface area contributed by atoms with Crippen molar-refractivity contribution in [1.82, 2.24) is 0 Å². The van der Waals surface area contributed by atoms with Crippen LogP contribution in [0.25, 0.3) is 33.0 Å². The van der Waals surface area contributed by atoms with Crippen LogP contribution < -0.4 is 0 Å². The van der Waals surface area contributed by atoms with E-state index in [4.69, 9.17) is 0 Å². The number of hydrogen-bond acceptors (Lipinski definition) is 0. The molecule has 0 fully saturated rings. The van der Waals surface area contributed by atoms with Gasteiger partial charge >= 0.3 is 0 Å². The smallest absolute Gasteiger partial charge is 0.159 e. The molecule has 164 valence electrons. The Morgan fingerprint density at radius 1 is 0.531 bits per heavy atom. The first-order valence-electron chi connectivity index (χ1n) is 10.9. The van der Waals surface area contributed by atoms with Crippen molar-refractivity contribution < 1.29 is 17.6 Å². The van der Waals surface area contributed by atoms with Gasteiger partial charge in [-0.05, 0) is 70.6 Å². The molecule has 0 N–H and O–H groups in total. The zero-order valence-corrected chi connectivity index (χ0v) is 17.9. The first kappa shape index (κ1) is 22.1. The minimum Gasteiger partial charge on any atom is -0.206 e. The van der Waals surface area contributed by atoms with Crippen molar-refractivity contribution in [3.05, 3.63) is 95.6 Å². The van der Waals surface area contributed by atoms with Crippen LogP contribution in [0.1, 0.15) is 38.2 Å². The van der Waals surface area contributed by atoms with E-state index in [-0.39, 0.29) is 5.82 Å². The molecule has 0 saturated heterocycles. The molecular weight excluding hydrogens is 412 g/mol. The molecule has 0 unspecified atom stereocenters. The number of benzene rings is 4. The highest BCUT2D eigenvalue weighted by Crippen LogP contribution is 2.32. The van der Waals surface area contributed by atoms with Crippen LogP contribution in [0.4, 0.5) is 17.6 Å². The highest BCUT2D eigenvalue weighted by Gasteiger charge is 2.12. The average Bonchev–Trinajstić information content (AvgIpc) is 2.77. The Labute approximate surface area is 185 Å². The summed E-state index contributed by atoms with van der Waals surface area (Å²) in [6.45, 7) is 2.15. The van der Waals surface area contributed by atoms with Crippen molar-refractivity contribution >= 4 is 10.8 Å². The van der Waals surface area contributed by atoms with Gasteiger partial charge in [0.25, 0.3) is 0 Å². The number of aryl methyl sites for hydroxylation is 1. The Morgan fingerprint density at radius 3 is 1.84 bits per heavy atom. The highest BCUT2D eigenvalue weighted by molar-refractivity contribution is 5.88. The number of unbranched alkanes of at least 4 members (excludes halogenated alkanes) is 3. The molecule has 0 bridgehead atoms. The average molecular weight is 436 g/mol. The fraction of sp³-hybridized carbons (Fsp3) is 0.214. The lowest BCUT2D eigenvalue weighted by atomic mass is 9.96. The normalized spacial score (nSPS) is 11.3. The SMILES string of the molecule is CCCCCCc1ccc(-c2ccc(-c3ccc4cc(F)c(F)cc4c3)c(F)c2)c(F)c1. The monoisotopic (exact) mass is 436 g/mol. The zero-order valence-electron chi connectivity index (χ0n) is 17.9. The third-order valence-corrected chi connectivity index (χ3v) is 5.82. The molecule has 0 heterocycles. The van der Waals surface area contributed by atoms with Gasteiger partial charge in [-0.25, -0.2) is 17.6 Å².